The summed E-state index contributed by atoms with van der Waals surface area (Å²) < 4.78 is 11.6. The lowest BCUT2D eigenvalue weighted by atomic mass is 10.1. The first-order chi connectivity index (χ1) is 14.8. The number of H-pyrrole nitrogens is 2. The lowest BCUT2D eigenvalue weighted by Crippen LogP contribution is -1.86. The number of para-hydroxylation sites is 2. The molecular formula is C24H18N4O2. The second kappa shape index (κ2) is 7.97. The highest BCUT2D eigenvalue weighted by Crippen LogP contribution is 2.27. The van der Waals surface area contributed by atoms with Crippen molar-refractivity contribution in [3.05, 3.63) is 97.3 Å². The summed E-state index contributed by atoms with van der Waals surface area (Å²) in [4.78, 5) is 15.2. The molecule has 0 aliphatic carbocycles. The summed E-state index contributed by atoms with van der Waals surface area (Å²) >= 11 is 0. The van der Waals surface area contributed by atoms with Crippen LogP contribution >= 0.6 is 0 Å². The number of nitrogens with zero attached hydrogens (tertiary/aromatic N) is 2. The fraction of sp³-hybridized carbons (Fsp3) is 0. The Morgan fingerprint density at radius 2 is 0.900 bits per heavy atom. The fourth-order valence-electron chi connectivity index (χ4n) is 3.02. The number of rotatable bonds is 6. The molecule has 0 spiro atoms. The first kappa shape index (κ1) is 17.8. The third-order valence-corrected chi connectivity index (χ3v) is 4.48. The van der Waals surface area contributed by atoms with Gasteiger partial charge in [-0.1, -0.05) is 60.7 Å². The highest BCUT2D eigenvalue weighted by atomic mass is 16.5. The van der Waals surface area contributed by atoms with Gasteiger partial charge in [0.15, 0.2) is 0 Å². The Kier molecular flexibility index (Phi) is 4.72. The van der Waals surface area contributed by atoms with E-state index in [2.05, 4.69) is 19.9 Å². The van der Waals surface area contributed by atoms with E-state index < -0.39 is 0 Å². The summed E-state index contributed by atoms with van der Waals surface area (Å²) in [6, 6.07) is 27.1. The van der Waals surface area contributed by atoms with Crippen molar-refractivity contribution in [1.29, 1.82) is 0 Å². The third kappa shape index (κ3) is 3.93. The molecule has 5 rings (SSSR count). The Hall–Kier alpha value is -4.32. The molecule has 0 aliphatic heterocycles. The van der Waals surface area contributed by atoms with Crippen LogP contribution < -0.4 is 9.47 Å². The van der Waals surface area contributed by atoms with Crippen LogP contribution in [0.4, 0.5) is 0 Å². The minimum atomic E-state index is 0.592. The summed E-state index contributed by atoms with van der Waals surface area (Å²) in [5.41, 5.74) is 1.91. The van der Waals surface area contributed by atoms with Crippen molar-refractivity contribution in [1.82, 2.24) is 19.9 Å². The molecule has 2 heterocycles. The summed E-state index contributed by atoms with van der Waals surface area (Å²) in [5, 5.41) is 0. The van der Waals surface area contributed by atoms with Crippen LogP contribution in [-0.2, 0) is 0 Å². The van der Waals surface area contributed by atoms with Gasteiger partial charge in [0, 0.05) is 11.1 Å². The lowest BCUT2D eigenvalue weighted by Gasteiger charge is -2.03. The van der Waals surface area contributed by atoms with Gasteiger partial charge < -0.3 is 19.4 Å². The molecule has 0 saturated heterocycles. The molecule has 0 fully saturated rings. The average Bonchev–Trinajstić information content (AvgIpc) is 3.45. The van der Waals surface area contributed by atoms with Crippen molar-refractivity contribution in [3.8, 4) is 46.0 Å². The lowest BCUT2D eigenvalue weighted by molar-refractivity contribution is 0.466. The molecule has 0 radical (unpaired) electrons. The predicted octanol–water partition coefficient (Wildman–Crippen LogP) is 6.05. The molecule has 146 valence electrons. The van der Waals surface area contributed by atoms with Gasteiger partial charge in [0.25, 0.3) is 0 Å². The van der Waals surface area contributed by atoms with E-state index in [0.29, 0.717) is 11.8 Å². The van der Waals surface area contributed by atoms with E-state index in [9.17, 15) is 0 Å². The molecule has 0 bridgehead atoms. The maximum atomic E-state index is 5.78. The van der Waals surface area contributed by atoms with E-state index >= 15 is 0 Å². The van der Waals surface area contributed by atoms with Gasteiger partial charge in [-0.25, -0.2) is 9.97 Å². The zero-order chi connectivity index (χ0) is 20.2. The second-order valence-corrected chi connectivity index (χ2v) is 6.60. The normalized spacial score (nSPS) is 10.7. The van der Waals surface area contributed by atoms with Gasteiger partial charge in [-0.3, -0.25) is 0 Å². The largest absolute Gasteiger partial charge is 0.439 e. The number of nitrogens with one attached hydrogen (secondary N) is 2. The van der Waals surface area contributed by atoms with Gasteiger partial charge in [-0.05, 0) is 24.3 Å². The molecule has 0 unspecified atom stereocenters. The monoisotopic (exact) mass is 394 g/mol. The molecule has 3 aromatic carbocycles. The number of ether oxygens (including phenoxy) is 2. The Labute approximate surface area is 173 Å². The minimum Gasteiger partial charge on any atom is -0.439 e. The molecule has 0 saturated carbocycles. The summed E-state index contributed by atoms with van der Waals surface area (Å²) in [6.45, 7) is 0. The van der Waals surface area contributed by atoms with Gasteiger partial charge in [0.05, 0.1) is 12.4 Å². The minimum absolute atomic E-state index is 0.592. The maximum Gasteiger partial charge on any atom is 0.217 e. The molecule has 2 N–H and O–H groups in total. The molecule has 0 aliphatic rings. The zero-order valence-corrected chi connectivity index (χ0v) is 15.9. The molecule has 2 aromatic heterocycles. The quantitative estimate of drug-likeness (QED) is 0.367. The molecule has 6 heteroatoms. The predicted molar refractivity (Wildman–Crippen MR) is 115 cm³/mol. The number of aromatic nitrogens is 4. The van der Waals surface area contributed by atoms with E-state index in [0.717, 1.165) is 34.3 Å². The molecule has 0 amide bonds. The van der Waals surface area contributed by atoms with Crippen molar-refractivity contribution in [2.45, 2.75) is 0 Å². The Bertz CT molecular complexity index is 1130. The molecule has 6 nitrogen and oxygen atoms in total. The van der Waals surface area contributed by atoms with Crippen LogP contribution in [0.25, 0.3) is 22.8 Å². The molecule has 30 heavy (non-hydrogen) atoms. The molecule has 5 aromatic rings. The number of aromatic amines is 2. The van der Waals surface area contributed by atoms with Gasteiger partial charge in [0.2, 0.25) is 11.8 Å². The Morgan fingerprint density at radius 3 is 1.30 bits per heavy atom. The van der Waals surface area contributed by atoms with Crippen LogP contribution in [0.3, 0.4) is 0 Å². The third-order valence-electron chi connectivity index (χ3n) is 4.48. The van der Waals surface area contributed by atoms with E-state index in [1.807, 2.05) is 84.9 Å². The topological polar surface area (TPSA) is 75.8 Å². The fourth-order valence-corrected chi connectivity index (χ4v) is 3.02. The van der Waals surface area contributed by atoms with Gasteiger partial charge in [-0.2, -0.15) is 0 Å². The van der Waals surface area contributed by atoms with Crippen molar-refractivity contribution < 1.29 is 9.47 Å². The molecule has 0 atom stereocenters. The number of hydrogen-bond acceptors (Lipinski definition) is 4. The van der Waals surface area contributed by atoms with Gasteiger partial charge >= 0.3 is 0 Å². The summed E-state index contributed by atoms with van der Waals surface area (Å²) in [7, 11) is 0. The van der Waals surface area contributed by atoms with Gasteiger partial charge in [-0.15, -0.1) is 0 Å². The molecular weight excluding hydrogens is 376 g/mol. The van der Waals surface area contributed by atoms with Gasteiger partial charge in [0.1, 0.15) is 23.1 Å². The SMILES string of the molecule is c1ccc(Oc2cnc(-c3ccc(-c4ncc(Oc5ccccc5)[nH]4)cc3)[nH]2)cc1. The summed E-state index contributed by atoms with van der Waals surface area (Å²) in [5.74, 6) is 4.17. The highest BCUT2D eigenvalue weighted by molar-refractivity contribution is 5.64. The Balaban J connectivity index is 1.29. The van der Waals surface area contributed by atoms with Crippen molar-refractivity contribution >= 4 is 0 Å². The van der Waals surface area contributed by atoms with Crippen molar-refractivity contribution in [3.63, 3.8) is 0 Å². The number of hydrogen-bond donors (Lipinski definition) is 2. The smallest absolute Gasteiger partial charge is 0.217 e. The van der Waals surface area contributed by atoms with E-state index in [1.54, 1.807) is 12.4 Å². The first-order valence-corrected chi connectivity index (χ1v) is 9.50. The van der Waals surface area contributed by atoms with Crippen LogP contribution in [0.5, 0.6) is 23.3 Å². The zero-order valence-electron chi connectivity index (χ0n) is 15.9. The van der Waals surface area contributed by atoms with Crippen molar-refractivity contribution in [2.24, 2.45) is 0 Å². The first-order valence-electron chi connectivity index (χ1n) is 9.50. The highest BCUT2D eigenvalue weighted by Gasteiger charge is 2.08. The average molecular weight is 394 g/mol. The second-order valence-electron chi connectivity index (χ2n) is 6.60. The van der Waals surface area contributed by atoms with Crippen molar-refractivity contribution in [2.75, 3.05) is 0 Å². The number of imidazole rings is 2. The van der Waals surface area contributed by atoms with Crippen LogP contribution in [-0.4, -0.2) is 19.9 Å². The summed E-state index contributed by atoms with van der Waals surface area (Å²) in [6.07, 6.45) is 3.35. The van der Waals surface area contributed by atoms with E-state index in [4.69, 9.17) is 9.47 Å². The Morgan fingerprint density at radius 1 is 0.500 bits per heavy atom. The number of benzene rings is 3. The van der Waals surface area contributed by atoms with Crippen LogP contribution in [0.1, 0.15) is 0 Å². The van der Waals surface area contributed by atoms with Crippen LogP contribution in [0.15, 0.2) is 97.3 Å². The van der Waals surface area contributed by atoms with E-state index in [-0.39, 0.29) is 0 Å². The van der Waals surface area contributed by atoms with Crippen LogP contribution in [0.2, 0.25) is 0 Å². The van der Waals surface area contributed by atoms with Crippen LogP contribution in [0, 0.1) is 0 Å². The standard InChI is InChI=1S/C24H18N4O2/c1-3-7-19(8-4-1)29-21-15-25-23(27-21)17-11-13-18(14-12-17)24-26-16-22(28-24)30-20-9-5-2-6-10-20/h1-16H,(H,25,27)(H,26,28). The maximum absolute atomic E-state index is 5.78. The van der Waals surface area contributed by atoms with E-state index in [1.165, 1.54) is 0 Å².